The zero-order valence-corrected chi connectivity index (χ0v) is 17.2. The van der Waals surface area contributed by atoms with Crippen molar-refractivity contribution in [2.45, 2.75) is 51.8 Å². The molecule has 1 aromatic carbocycles. The second-order valence-electron chi connectivity index (χ2n) is 7.09. The molecule has 1 heterocycles. The SMILES string of the molecule is CCOC(=O)C(OC(C)(C)C)c1oc2cccc(C)c2c1OS(=O)(=O)C(F)(F)F. The number of benzene rings is 1. The van der Waals surface area contributed by atoms with E-state index in [4.69, 9.17) is 13.9 Å². The lowest BCUT2D eigenvalue weighted by atomic mass is 10.1. The zero-order chi connectivity index (χ0) is 22.2. The molecule has 11 heteroatoms. The number of rotatable bonds is 6. The third kappa shape index (κ3) is 5.02. The third-order valence-corrected chi connectivity index (χ3v) is 4.55. The van der Waals surface area contributed by atoms with E-state index in [1.54, 1.807) is 26.8 Å². The van der Waals surface area contributed by atoms with Crippen LogP contribution in [-0.2, 0) is 24.4 Å². The summed E-state index contributed by atoms with van der Waals surface area (Å²) in [6.45, 7) is 7.80. The lowest BCUT2D eigenvalue weighted by Gasteiger charge is -2.25. The highest BCUT2D eigenvalue weighted by molar-refractivity contribution is 7.88. The Hall–Kier alpha value is -2.27. The lowest BCUT2D eigenvalue weighted by Crippen LogP contribution is -2.30. The van der Waals surface area contributed by atoms with Gasteiger partial charge in [-0.2, -0.15) is 21.6 Å². The van der Waals surface area contributed by atoms with Crippen molar-refractivity contribution in [1.29, 1.82) is 0 Å². The highest BCUT2D eigenvalue weighted by atomic mass is 32.2. The molecule has 1 unspecified atom stereocenters. The van der Waals surface area contributed by atoms with E-state index < -0.39 is 44.8 Å². The molecule has 0 saturated carbocycles. The van der Waals surface area contributed by atoms with Crippen LogP contribution in [0, 0.1) is 6.92 Å². The molecule has 0 N–H and O–H groups in total. The van der Waals surface area contributed by atoms with Crippen LogP contribution in [0.3, 0.4) is 0 Å². The van der Waals surface area contributed by atoms with Gasteiger partial charge in [0.2, 0.25) is 6.10 Å². The maximum absolute atomic E-state index is 12.9. The van der Waals surface area contributed by atoms with E-state index in [0.717, 1.165) is 0 Å². The molecule has 0 aliphatic rings. The van der Waals surface area contributed by atoms with Crippen LogP contribution in [0.15, 0.2) is 22.6 Å². The van der Waals surface area contributed by atoms with Crippen LogP contribution < -0.4 is 4.18 Å². The van der Waals surface area contributed by atoms with Crippen molar-refractivity contribution in [3.8, 4) is 5.75 Å². The number of halogens is 3. The molecule has 2 rings (SSSR count). The van der Waals surface area contributed by atoms with Crippen molar-refractivity contribution in [2.75, 3.05) is 6.61 Å². The smallest absolute Gasteiger partial charge is 0.464 e. The van der Waals surface area contributed by atoms with Crippen molar-refractivity contribution in [3.05, 3.63) is 29.5 Å². The molecular weight excluding hydrogens is 417 g/mol. The Labute approximate surface area is 165 Å². The summed E-state index contributed by atoms with van der Waals surface area (Å²) < 4.78 is 82.7. The fraction of sp³-hybridized carbons (Fsp3) is 0.500. The van der Waals surface area contributed by atoms with Crippen LogP contribution in [0.5, 0.6) is 5.75 Å². The maximum atomic E-state index is 12.9. The number of furan rings is 1. The molecule has 0 fully saturated rings. The molecular formula is C18H21F3O7S. The Bertz CT molecular complexity index is 1000. The van der Waals surface area contributed by atoms with E-state index in [2.05, 4.69) is 4.18 Å². The minimum absolute atomic E-state index is 0.0258. The fourth-order valence-corrected chi connectivity index (χ4v) is 2.98. The Morgan fingerprint density at radius 3 is 2.34 bits per heavy atom. The van der Waals surface area contributed by atoms with Crippen LogP contribution in [0.2, 0.25) is 0 Å². The van der Waals surface area contributed by atoms with Gasteiger partial charge in [-0.25, -0.2) is 4.79 Å². The molecule has 1 aromatic heterocycles. The normalized spacial score (nSPS) is 14.1. The predicted molar refractivity (Wildman–Crippen MR) is 96.8 cm³/mol. The number of carbonyl (C=O) groups is 1. The topological polar surface area (TPSA) is 92.0 Å². The molecule has 0 saturated heterocycles. The van der Waals surface area contributed by atoms with Crippen LogP contribution >= 0.6 is 0 Å². The van der Waals surface area contributed by atoms with Crippen LogP contribution in [0.1, 0.15) is 45.1 Å². The number of hydrogen-bond acceptors (Lipinski definition) is 7. The summed E-state index contributed by atoms with van der Waals surface area (Å²) in [5.74, 6) is -2.26. The van der Waals surface area contributed by atoms with Gasteiger partial charge in [0.15, 0.2) is 11.5 Å². The predicted octanol–water partition coefficient (Wildman–Crippen LogP) is 4.39. The second-order valence-corrected chi connectivity index (χ2v) is 8.63. The van der Waals surface area contributed by atoms with Gasteiger partial charge < -0.3 is 18.1 Å². The van der Waals surface area contributed by atoms with Gasteiger partial charge in [0.1, 0.15) is 5.58 Å². The molecule has 7 nitrogen and oxygen atoms in total. The number of alkyl halides is 3. The second kappa shape index (κ2) is 7.86. The van der Waals surface area contributed by atoms with Gasteiger partial charge in [-0.1, -0.05) is 12.1 Å². The van der Waals surface area contributed by atoms with E-state index in [9.17, 15) is 26.4 Å². The first-order valence-corrected chi connectivity index (χ1v) is 9.96. The van der Waals surface area contributed by atoms with Gasteiger partial charge in [-0.3, -0.25) is 0 Å². The molecule has 162 valence electrons. The third-order valence-electron chi connectivity index (χ3n) is 3.59. The first-order valence-electron chi connectivity index (χ1n) is 8.55. The minimum atomic E-state index is -6.03. The van der Waals surface area contributed by atoms with Gasteiger partial charge in [0, 0.05) is 0 Å². The maximum Gasteiger partial charge on any atom is 0.534 e. The number of esters is 1. The number of aryl methyl sites for hydroxylation is 1. The largest absolute Gasteiger partial charge is 0.534 e. The van der Waals surface area contributed by atoms with Gasteiger partial charge in [-0.15, -0.1) is 0 Å². The van der Waals surface area contributed by atoms with Crippen LogP contribution in [0.25, 0.3) is 11.0 Å². The summed E-state index contributed by atoms with van der Waals surface area (Å²) in [6, 6.07) is 4.48. The summed E-state index contributed by atoms with van der Waals surface area (Å²) in [6.07, 6.45) is -1.65. The molecule has 0 radical (unpaired) electrons. The summed E-state index contributed by atoms with van der Waals surface area (Å²) in [7, 11) is -6.03. The van der Waals surface area contributed by atoms with Crippen molar-refractivity contribution in [3.63, 3.8) is 0 Å². The van der Waals surface area contributed by atoms with Crippen LogP contribution in [0.4, 0.5) is 13.2 Å². The van der Waals surface area contributed by atoms with Gasteiger partial charge in [0.05, 0.1) is 17.6 Å². The molecule has 0 aliphatic heterocycles. The summed E-state index contributed by atoms with van der Waals surface area (Å²) in [4.78, 5) is 12.5. The molecule has 29 heavy (non-hydrogen) atoms. The number of fused-ring (bicyclic) bond motifs is 1. The van der Waals surface area contributed by atoms with Crippen molar-refractivity contribution in [2.24, 2.45) is 0 Å². The van der Waals surface area contributed by atoms with E-state index in [1.807, 2.05) is 0 Å². The molecule has 1 atom stereocenters. The summed E-state index contributed by atoms with van der Waals surface area (Å²) >= 11 is 0. The van der Waals surface area contributed by atoms with E-state index in [1.165, 1.54) is 26.0 Å². The lowest BCUT2D eigenvalue weighted by molar-refractivity contribution is -0.168. The monoisotopic (exact) mass is 438 g/mol. The average Bonchev–Trinajstić information content (AvgIpc) is 2.90. The summed E-state index contributed by atoms with van der Waals surface area (Å²) in [5, 5.41) is -0.0258. The number of ether oxygens (including phenoxy) is 2. The molecule has 0 amide bonds. The van der Waals surface area contributed by atoms with Gasteiger partial charge >= 0.3 is 21.6 Å². The molecule has 0 aliphatic carbocycles. The summed E-state index contributed by atoms with van der Waals surface area (Å²) in [5.41, 5.74) is -6.23. The fourth-order valence-electron chi connectivity index (χ4n) is 2.50. The average molecular weight is 438 g/mol. The van der Waals surface area contributed by atoms with E-state index >= 15 is 0 Å². The van der Waals surface area contributed by atoms with Gasteiger partial charge in [0.25, 0.3) is 0 Å². The number of carbonyl (C=O) groups excluding carboxylic acids is 1. The van der Waals surface area contributed by atoms with Crippen molar-refractivity contribution < 1.29 is 44.5 Å². The van der Waals surface area contributed by atoms with Crippen LogP contribution in [-0.4, -0.2) is 32.1 Å². The van der Waals surface area contributed by atoms with E-state index in [-0.39, 0.29) is 17.6 Å². The highest BCUT2D eigenvalue weighted by Crippen LogP contribution is 2.43. The highest BCUT2D eigenvalue weighted by Gasteiger charge is 2.50. The first kappa shape index (κ1) is 23.0. The standard InChI is InChI=1S/C18H21F3O7S/c1-6-25-16(22)15(27-17(3,4)5)14-13(28-29(23,24)18(19,20)21)12-10(2)8-7-9-11(12)26-14/h7-9,15H,6H2,1-5H3. The zero-order valence-electron chi connectivity index (χ0n) is 16.4. The first-order chi connectivity index (χ1) is 13.2. The quantitative estimate of drug-likeness (QED) is 0.375. The molecule has 0 spiro atoms. The Morgan fingerprint density at radius 2 is 1.83 bits per heavy atom. The Morgan fingerprint density at radius 1 is 1.21 bits per heavy atom. The van der Waals surface area contributed by atoms with E-state index in [0.29, 0.717) is 5.56 Å². The van der Waals surface area contributed by atoms with Gasteiger partial charge in [-0.05, 0) is 46.2 Å². The molecule has 2 aromatic rings. The van der Waals surface area contributed by atoms with Crippen molar-refractivity contribution >= 4 is 27.1 Å². The number of hydrogen-bond donors (Lipinski definition) is 0. The van der Waals surface area contributed by atoms with Crippen molar-refractivity contribution in [1.82, 2.24) is 0 Å². The Kier molecular flexibility index (Phi) is 6.24. The molecule has 0 bridgehead atoms. The minimum Gasteiger partial charge on any atom is -0.464 e. The Balaban J connectivity index is 2.76.